The minimum atomic E-state index is -0.117. The lowest BCUT2D eigenvalue weighted by atomic mass is 10.2. The zero-order chi connectivity index (χ0) is 20.9. The fraction of sp³-hybridized carbons (Fsp3) is 0.364. The van der Waals surface area contributed by atoms with Gasteiger partial charge in [-0.05, 0) is 42.8 Å². The Morgan fingerprint density at radius 2 is 1.93 bits per heavy atom. The maximum absolute atomic E-state index is 12.0. The number of para-hydroxylation sites is 1. The second-order valence-electron chi connectivity index (χ2n) is 7.34. The van der Waals surface area contributed by atoms with Crippen LogP contribution in [0.1, 0.15) is 5.56 Å². The van der Waals surface area contributed by atoms with Crippen molar-refractivity contribution in [3.63, 3.8) is 0 Å². The van der Waals surface area contributed by atoms with Crippen LogP contribution in [-0.2, 0) is 4.79 Å². The molecule has 1 aromatic heterocycles. The molecule has 1 saturated heterocycles. The summed E-state index contributed by atoms with van der Waals surface area (Å²) in [6, 6.07) is 13.3. The predicted molar refractivity (Wildman–Crippen MR) is 123 cm³/mol. The molecule has 1 aliphatic rings. The Kier molecular flexibility index (Phi) is 6.72. The Hall–Kier alpha value is -2.35. The quantitative estimate of drug-likeness (QED) is 0.603. The van der Waals surface area contributed by atoms with Crippen LogP contribution in [0.25, 0.3) is 10.2 Å². The van der Waals surface area contributed by atoms with E-state index in [0.717, 1.165) is 43.4 Å². The van der Waals surface area contributed by atoms with E-state index in [1.54, 1.807) is 35.6 Å². The van der Waals surface area contributed by atoms with Crippen molar-refractivity contribution in [2.75, 3.05) is 50.8 Å². The molecule has 158 valence electrons. The number of fused-ring (bicyclic) bond motifs is 1. The molecule has 2 aromatic carbocycles. The van der Waals surface area contributed by atoms with Crippen molar-refractivity contribution in [2.45, 2.75) is 6.92 Å². The van der Waals surface area contributed by atoms with Crippen LogP contribution in [0.5, 0.6) is 5.75 Å². The molecule has 4 rings (SSSR count). The lowest BCUT2D eigenvalue weighted by Crippen LogP contribution is -2.48. The van der Waals surface area contributed by atoms with Crippen molar-refractivity contribution in [2.24, 2.45) is 0 Å². The fourth-order valence-corrected chi connectivity index (χ4v) is 4.68. The van der Waals surface area contributed by atoms with E-state index in [4.69, 9.17) is 21.3 Å². The summed E-state index contributed by atoms with van der Waals surface area (Å²) in [4.78, 5) is 21.6. The molecule has 0 saturated carbocycles. The number of nitrogens with one attached hydrogen (secondary N) is 1. The highest BCUT2D eigenvalue weighted by molar-refractivity contribution is 7.22. The molecular weight excluding hydrogens is 420 g/mol. The molecule has 1 fully saturated rings. The molecule has 0 atom stereocenters. The van der Waals surface area contributed by atoms with Gasteiger partial charge in [-0.2, -0.15) is 0 Å². The Morgan fingerprint density at radius 3 is 2.67 bits per heavy atom. The average molecular weight is 445 g/mol. The van der Waals surface area contributed by atoms with Crippen LogP contribution in [0.15, 0.2) is 42.5 Å². The van der Waals surface area contributed by atoms with Crippen molar-refractivity contribution >= 4 is 44.2 Å². The van der Waals surface area contributed by atoms with Gasteiger partial charge in [-0.3, -0.25) is 9.69 Å². The van der Waals surface area contributed by atoms with Gasteiger partial charge in [-0.25, -0.2) is 4.98 Å². The number of thiazole rings is 1. The molecule has 3 aromatic rings. The van der Waals surface area contributed by atoms with Crippen molar-refractivity contribution in [1.82, 2.24) is 15.2 Å². The number of ether oxygens (including phenoxy) is 1. The van der Waals surface area contributed by atoms with E-state index in [-0.39, 0.29) is 12.5 Å². The molecule has 0 aliphatic carbocycles. The number of anilines is 1. The number of hydrogen-bond acceptors (Lipinski definition) is 6. The second kappa shape index (κ2) is 9.64. The van der Waals surface area contributed by atoms with Gasteiger partial charge in [-0.15, -0.1) is 0 Å². The number of aryl methyl sites for hydroxylation is 1. The maximum atomic E-state index is 12.0. The summed E-state index contributed by atoms with van der Waals surface area (Å²) in [5.41, 5.74) is 2.34. The first-order valence-corrected chi connectivity index (χ1v) is 11.3. The monoisotopic (exact) mass is 444 g/mol. The van der Waals surface area contributed by atoms with Gasteiger partial charge in [0.15, 0.2) is 11.7 Å². The smallest absolute Gasteiger partial charge is 0.257 e. The third kappa shape index (κ3) is 5.22. The van der Waals surface area contributed by atoms with Gasteiger partial charge >= 0.3 is 0 Å². The molecule has 0 radical (unpaired) electrons. The van der Waals surface area contributed by atoms with Crippen molar-refractivity contribution in [1.29, 1.82) is 0 Å². The first-order chi connectivity index (χ1) is 14.6. The highest BCUT2D eigenvalue weighted by atomic mass is 35.5. The molecule has 8 heteroatoms. The molecule has 1 amide bonds. The number of amides is 1. The summed E-state index contributed by atoms with van der Waals surface area (Å²) in [7, 11) is 0. The van der Waals surface area contributed by atoms with E-state index >= 15 is 0 Å². The predicted octanol–water partition coefficient (Wildman–Crippen LogP) is 3.58. The van der Waals surface area contributed by atoms with Crippen LogP contribution in [0.3, 0.4) is 0 Å². The van der Waals surface area contributed by atoms with E-state index in [9.17, 15) is 4.79 Å². The van der Waals surface area contributed by atoms with Gasteiger partial charge in [0.1, 0.15) is 5.75 Å². The third-order valence-corrected chi connectivity index (χ3v) is 6.52. The number of rotatable bonds is 7. The van der Waals surface area contributed by atoms with Crippen molar-refractivity contribution < 1.29 is 9.53 Å². The van der Waals surface area contributed by atoms with Crippen LogP contribution in [-0.4, -0.2) is 61.7 Å². The standard InChI is InChI=1S/C22H25ClN4O2S/c1-16-3-2-4-19-21(16)25-22(30-19)27-13-11-26(12-14-27)10-9-24-20(28)15-29-18-7-5-17(23)6-8-18/h2-8H,9-15H2,1H3,(H,24,28). The Balaban J connectivity index is 1.17. The van der Waals surface area contributed by atoms with Crippen molar-refractivity contribution in [3.8, 4) is 5.75 Å². The summed E-state index contributed by atoms with van der Waals surface area (Å²) >= 11 is 7.60. The first kappa shape index (κ1) is 20.9. The number of nitrogens with zero attached hydrogens (tertiary/aromatic N) is 3. The molecule has 6 nitrogen and oxygen atoms in total. The number of halogens is 1. The SMILES string of the molecule is Cc1cccc2sc(N3CCN(CCNC(=O)COc4ccc(Cl)cc4)CC3)nc12. The summed E-state index contributed by atoms with van der Waals surface area (Å²) < 4.78 is 6.71. The zero-order valence-electron chi connectivity index (χ0n) is 16.9. The normalized spacial score (nSPS) is 14.8. The largest absolute Gasteiger partial charge is 0.484 e. The van der Waals surface area contributed by atoms with Crippen molar-refractivity contribution in [3.05, 3.63) is 53.1 Å². The number of aromatic nitrogens is 1. The van der Waals surface area contributed by atoms with Gasteiger partial charge in [0, 0.05) is 44.3 Å². The lowest BCUT2D eigenvalue weighted by Gasteiger charge is -2.34. The molecular formula is C22H25ClN4O2S. The van der Waals surface area contributed by atoms with Gasteiger partial charge < -0.3 is 15.0 Å². The summed E-state index contributed by atoms with van der Waals surface area (Å²) in [5.74, 6) is 0.518. The van der Waals surface area contributed by atoms with E-state index < -0.39 is 0 Å². The topological polar surface area (TPSA) is 57.7 Å². The lowest BCUT2D eigenvalue weighted by molar-refractivity contribution is -0.123. The summed E-state index contributed by atoms with van der Waals surface area (Å²) in [6.45, 7) is 7.39. The van der Waals surface area contributed by atoms with Gasteiger partial charge in [0.25, 0.3) is 5.91 Å². The van der Waals surface area contributed by atoms with E-state index in [1.807, 2.05) is 0 Å². The number of benzene rings is 2. The number of carbonyl (C=O) groups is 1. The molecule has 0 unspecified atom stereocenters. The molecule has 30 heavy (non-hydrogen) atoms. The minimum absolute atomic E-state index is 0.00638. The van der Waals surface area contributed by atoms with Crippen LogP contribution in [0.2, 0.25) is 5.02 Å². The van der Waals surface area contributed by atoms with E-state index in [2.05, 4.69) is 40.2 Å². The zero-order valence-corrected chi connectivity index (χ0v) is 18.5. The van der Waals surface area contributed by atoms with Gasteiger partial charge in [-0.1, -0.05) is 35.1 Å². The average Bonchev–Trinajstić information content (AvgIpc) is 3.20. The van der Waals surface area contributed by atoms with Crippen LogP contribution in [0.4, 0.5) is 5.13 Å². The summed E-state index contributed by atoms with van der Waals surface area (Å²) in [6.07, 6.45) is 0. The Morgan fingerprint density at radius 1 is 1.17 bits per heavy atom. The molecule has 2 heterocycles. The number of piperazine rings is 1. The fourth-order valence-electron chi connectivity index (χ4n) is 3.46. The Bertz CT molecular complexity index is 1000. The molecule has 0 spiro atoms. The summed E-state index contributed by atoms with van der Waals surface area (Å²) in [5, 5.41) is 4.67. The van der Waals surface area contributed by atoms with Crippen LogP contribution in [0, 0.1) is 6.92 Å². The highest BCUT2D eigenvalue weighted by Crippen LogP contribution is 2.30. The molecule has 1 N–H and O–H groups in total. The van der Waals surface area contributed by atoms with Gasteiger partial charge in [0.05, 0.1) is 10.2 Å². The van der Waals surface area contributed by atoms with Gasteiger partial charge in [0.2, 0.25) is 0 Å². The first-order valence-electron chi connectivity index (χ1n) is 10.1. The van der Waals surface area contributed by atoms with Crippen LogP contribution < -0.4 is 15.0 Å². The third-order valence-electron chi connectivity index (χ3n) is 5.19. The number of hydrogen-bond donors (Lipinski definition) is 1. The highest BCUT2D eigenvalue weighted by Gasteiger charge is 2.20. The van der Waals surface area contributed by atoms with E-state index in [1.165, 1.54) is 10.3 Å². The molecule has 0 bridgehead atoms. The minimum Gasteiger partial charge on any atom is -0.484 e. The van der Waals surface area contributed by atoms with E-state index in [0.29, 0.717) is 17.3 Å². The number of carbonyl (C=O) groups excluding carboxylic acids is 1. The molecule has 1 aliphatic heterocycles. The van der Waals surface area contributed by atoms with Crippen LogP contribution >= 0.6 is 22.9 Å². The maximum Gasteiger partial charge on any atom is 0.257 e. The second-order valence-corrected chi connectivity index (χ2v) is 8.78. The Labute approximate surface area is 185 Å².